The largest absolute Gasteiger partial charge is 0.370 e. The van der Waals surface area contributed by atoms with E-state index in [1.807, 2.05) is 6.07 Å². The van der Waals surface area contributed by atoms with E-state index in [1.165, 1.54) is 18.5 Å². The highest BCUT2D eigenvalue weighted by Gasteiger charge is 2.00. The Morgan fingerprint density at radius 3 is 2.50 bits per heavy atom. The summed E-state index contributed by atoms with van der Waals surface area (Å²) >= 11 is 0. The lowest BCUT2D eigenvalue weighted by Gasteiger charge is -2.09. The van der Waals surface area contributed by atoms with Crippen molar-refractivity contribution in [2.75, 3.05) is 17.2 Å². The highest BCUT2D eigenvalue weighted by Crippen LogP contribution is 2.16. The van der Waals surface area contributed by atoms with Gasteiger partial charge in [0, 0.05) is 18.3 Å². The molecule has 0 saturated carbocycles. The van der Waals surface area contributed by atoms with Crippen molar-refractivity contribution in [2.45, 2.75) is 20.3 Å². The molecular weight excluding hydrogens is 255 g/mol. The molecule has 106 valence electrons. The van der Waals surface area contributed by atoms with Crippen LogP contribution >= 0.6 is 0 Å². The zero-order valence-electron chi connectivity index (χ0n) is 11.7. The molecule has 0 atom stereocenters. The zero-order valence-corrected chi connectivity index (χ0v) is 11.7. The van der Waals surface area contributed by atoms with Crippen LogP contribution in [0, 0.1) is 11.7 Å². The van der Waals surface area contributed by atoms with Crippen molar-refractivity contribution in [2.24, 2.45) is 5.92 Å². The van der Waals surface area contributed by atoms with Crippen LogP contribution in [0.15, 0.2) is 36.7 Å². The summed E-state index contributed by atoms with van der Waals surface area (Å²) in [6, 6.07) is 7.99. The van der Waals surface area contributed by atoms with Crippen molar-refractivity contribution in [3.8, 4) is 0 Å². The molecule has 1 heterocycles. The predicted molar refractivity (Wildman–Crippen MR) is 79.7 cm³/mol. The third-order valence-electron chi connectivity index (χ3n) is 2.81. The van der Waals surface area contributed by atoms with Crippen LogP contribution in [-0.2, 0) is 0 Å². The molecule has 2 aromatic rings. The molecule has 0 amide bonds. The van der Waals surface area contributed by atoms with Crippen LogP contribution in [0.4, 0.5) is 21.7 Å². The first-order chi connectivity index (χ1) is 9.63. The Morgan fingerprint density at radius 1 is 1.10 bits per heavy atom. The highest BCUT2D eigenvalue weighted by atomic mass is 19.1. The van der Waals surface area contributed by atoms with Gasteiger partial charge in [0.05, 0.1) is 0 Å². The van der Waals surface area contributed by atoms with Gasteiger partial charge in [0.25, 0.3) is 0 Å². The quantitative estimate of drug-likeness (QED) is 0.840. The summed E-state index contributed by atoms with van der Waals surface area (Å²) in [5.74, 6) is 1.86. The molecule has 0 saturated heterocycles. The first-order valence-electron chi connectivity index (χ1n) is 6.72. The van der Waals surface area contributed by atoms with Crippen molar-refractivity contribution in [1.82, 2.24) is 9.97 Å². The number of hydrogen-bond acceptors (Lipinski definition) is 4. The summed E-state index contributed by atoms with van der Waals surface area (Å²) in [5.41, 5.74) is 0.790. The molecule has 0 bridgehead atoms. The van der Waals surface area contributed by atoms with E-state index in [-0.39, 0.29) is 5.82 Å². The van der Waals surface area contributed by atoms with Crippen LogP contribution in [0.2, 0.25) is 0 Å². The number of rotatable bonds is 6. The smallest absolute Gasteiger partial charge is 0.135 e. The van der Waals surface area contributed by atoms with Gasteiger partial charge in [0.15, 0.2) is 0 Å². The summed E-state index contributed by atoms with van der Waals surface area (Å²) in [6.45, 7) is 5.25. The van der Waals surface area contributed by atoms with Gasteiger partial charge < -0.3 is 10.6 Å². The number of benzene rings is 1. The normalized spacial score (nSPS) is 10.6. The van der Waals surface area contributed by atoms with Gasteiger partial charge in [-0.25, -0.2) is 14.4 Å². The van der Waals surface area contributed by atoms with Crippen LogP contribution in [0.3, 0.4) is 0 Å². The molecule has 0 aliphatic heterocycles. The molecule has 2 rings (SSSR count). The lowest BCUT2D eigenvalue weighted by Crippen LogP contribution is -2.06. The van der Waals surface area contributed by atoms with Crippen molar-refractivity contribution < 1.29 is 4.39 Å². The molecule has 0 radical (unpaired) electrons. The summed E-state index contributed by atoms with van der Waals surface area (Å²) in [4.78, 5) is 8.31. The monoisotopic (exact) mass is 274 g/mol. The Hall–Kier alpha value is -2.17. The summed E-state index contributed by atoms with van der Waals surface area (Å²) in [7, 11) is 0. The van der Waals surface area contributed by atoms with Gasteiger partial charge in [-0.1, -0.05) is 13.8 Å². The third-order valence-corrected chi connectivity index (χ3v) is 2.81. The minimum atomic E-state index is -0.255. The highest BCUT2D eigenvalue weighted by molar-refractivity contribution is 5.58. The fraction of sp³-hybridized carbons (Fsp3) is 0.333. The minimum Gasteiger partial charge on any atom is -0.370 e. The van der Waals surface area contributed by atoms with E-state index in [4.69, 9.17) is 0 Å². The Balaban J connectivity index is 1.96. The van der Waals surface area contributed by atoms with E-state index in [2.05, 4.69) is 34.4 Å². The Kier molecular flexibility index (Phi) is 4.87. The maximum Gasteiger partial charge on any atom is 0.135 e. The van der Waals surface area contributed by atoms with E-state index in [0.29, 0.717) is 11.7 Å². The average Bonchev–Trinajstić information content (AvgIpc) is 2.41. The molecule has 0 fully saturated rings. The lowest BCUT2D eigenvalue weighted by atomic mass is 10.1. The standard InChI is InChI=1S/C15H19FN4/c1-11(2)7-8-17-14-9-15(19-10-18-14)20-13-5-3-12(16)4-6-13/h3-6,9-11H,7-8H2,1-2H3,(H2,17,18,19,20). The fourth-order valence-corrected chi connectivity index (χ4v) is 1.69. The lowest BCUT2D eigenvalue weighted by molar-refractivity contribution is 0.606. The maximum atomic E-state index is 12.8. The van der Waals surface area contributed by atoms with Crippen LogP contribution in [-0.4, -0.2) is 16.5 Å². The van der Waals surface area contributed by atoms with E-state index < -0.39 is 0 Å². The first kappa shape index (κ1) is 14.2. The van der Waals surface area contributed by atoms with Crippen LogP contribution < -0.4 is 10.6 Å². The van der Waals surface area contributed by atoms with E-state index in [9.17, 15) is 4.39 Å². The molecular formula is C15H19FN4. The van der Waals surface area contributed by atoms with Gasteiger partial charge in [-0.3, -0.25) is 0 Å². The first-order valence-corrected chi connectivity index (χ1v) is 6.72. The van der Waals surface area contributed by atoms with Gasteiger partial charge in [0.2, 0.25) is 0 Å². The molecule has 4 nitrogen and oxygen atoms in total. The maximum absolute atomic E-state index is 12.8. The summed E-state index contributed by atoms with van der Waals surface area (Å²) in [6.07, 6.45) is 2.59. The molecule has 5 heteroatoms. The number of nitrogens with one attached hydrogen (secondary N) is 2. The minimum absolute atomic E-state index is 0.255. The molecule has 0 aliphatic carbocycles. The number of nitrogens with zero attached hydrogens (tertiary/aromatic N) is 2. The van der Waals surface area contributed by atoms with Crippen LogP contribution in [0.25, 0.3) is 0 Å². The molecule has 0 spiro atoms. The van der Waals surface area contributed by atoms with Crippen molar-refractivity contribution >= 4 is 17.3 Å². The SMILES string of the molecule is CC(C)CCNc1cc(Nc2ccc(F)cc2)ncn1. The molecule has 20 heavy (non-hydrogen) atoms. The van der Waals surface area contributed by atoms with Crippen molar-refractivity contribution in [3.63, 3.8) is 0 Å². The molecule has 1 aromatic heterocycles. The molecule has 0 aliphatic rings. The van der Waals surface area contributed by atoms with E-state index >= 15 is 0 Å². The Labute approximate surface area is 118 Å². The number of aromatic nitrogens is 2. The van der Waals surface area contributed by atoms with Gasteiger partial charge >= 0.3 is 0 Å². The summed E-state index contributed by atoms with van der Waals surface area (Å²) < 4.78 is 12.8. The average molecular weight is 274 g/mol. The molecule has 2 N–H and O–H groups in total. The molecule has 0 unspecified atom stereocenters. The van der Waals surface area contributed by atoms with Crippen molar-refractivity contribution in [3.05, 3.63) is 42.5 Å². The predicted octanol–water partition coefficient (Wildman–Crippen LogP) is 3.82. The van der Waals surface area contributed by atoms with E-state index in [1.54, 1.807) is 12.1 Å². The number of hydrogen-bond donors (Lipinski definition) is 2. The second-order valence-electron chi connectivity index (χ2n) is 5.03. The second-order valence-corrected chi connectivity index (χ2v) is 5.03. The van der Waals surface area contributed by atoms with Gasteiger partial charge in [-0.05, 0) is 36.6 Å². The van der Waals surface area contributed by atoms with Crippen molar-refractivity contribution in [1.29, 1.82) is 0 Å². The Morgan fingerprint density at radius 2 is 1.80 bits per heavy atom. The Bertz CT molecular complexity index is 540. The number of anilines is 3. The second kappa shape index (κ2) is 6.84. The number of halogens is 1. The third kappa shape index (κ3) is 4.50. The topological polar surface area (TPSA) is 49.8 Å². The van der Waals surface area contributed by atoms with E-state index in [0.717, 1.165) is 24.5 Å². The van der Waals surface area contributed by atoms with Gasteiger partial charge in [-0.2, -0.15) is 0 Å². The summed E-state index contributed by atoms with van der Waals surface area (Å²) in [5, 5.41) is 6.37. The molecule has 1 aromatic carbocycles. The zero-order chi connectivity index (χ0) is 14.4. The van der Waals surface area contributed by atoms with Crippen LogP contribution in [0.1, 0.15) is 20.3 Å². The van der Waals surface area contributed by atoms with Gasteiger partial charge in [0.1, 0.15) is 23.8 Å². The van der Waals surface area contributed by atoms with Crippen LogP contribution in [0.5, 0.6) is 0 Å². The fourth-order valence-electron chi connectivity index (χ4n) is 1.69. The van der Waals surface area contributed by atoms with Gasteiger partial charge in [-0.15, -0.1) is 0 Å².